The van der Waals surface area contributed by atoms with E-state index in [9.17, 15) is 4.79 Å². The number of rotatable bonds is 3. The molecule has 0 fully saturated rings. The topological polar surface area (TPSA) is 50.1 Å². The summed E-state index contributed by atoms with van der Waals surface area (Å²) in [6.45, 7) is 1.80. The van der Waals surface area contributed by atoms with Crippen molar-refractivity contribution in [2.75, 3.05) is 0 Å². The van der Waals surface area contributed by atoms with Crippen LogP contribution in [0.2, 0.25) is 15.1 Å². The molecule has 0 aliphatic heterocycles. The van der Waals surface area contributed by atoms with E-state index in [2.05, 4.69) is 10.1 Å². The Morgan fingerprint density at radius 1 is 1.08 bits per heavy atom. The quantitative estimate of drug-likeness (QED) is 0.625. The van der Waals surface area contributed by atoms with Crippen LogP contribution in [0.15, 0.2) is 52.3 Å². The van der Waals surface area contributed by atoms with E-state index < -0.39 is 0 Å². The van der Waals surface area contributed by atoms with Gasteiger partial charge in [-0.3, -0.25) is 14.9 Å². The molecule has 1 aromatic heterocycles. The zero-order valence-electron chi connectivity index (χ0n) is 12.6. The van der Waals surface area contributed by atoms with Gasteiger partial charge >= 0.3 is 0 Å². The van der Waals surface area contributed by atoms with Gasteiger partial charge < -0.3 is 0 Å². The van der Waals surface area contributed by atoms with Gasteiger partial charge in [-0.05, 0) is 43.3 Å². The normalized spacial score (nSPS) is 11.3. The fraction of sp³-hybridized carbons (Fsp3) is 0.0588. The van der Waals surface area contributed by atoms with E-state index in [1.807, 2.05) is 0 Å². The molecule has 4 nitrogen and oxygen atoms in total. The molecule has 0 spiro atoms. The first-order valence-electron chi connectivity index (χ1n) is 7.02. The van der Waals surface area contributed by atoms with E-state index in [-0.39, 0.29) is 5.56 Å². The monoisotopic (exact) mass is 379 g/mol. The van der Waals surface area contributed by atoms with Crippen molar-refractivity contribution in [2.45, 2.75) is 6.92 Å². The molecule has 0 aliphatic rings. The summed E-state index contributed by atoms with van der Waals surface area (Å²) in [5.74, 6) is 0. The number of aryl methyl sites for hydroxylation is 1. The van der Waals surface area contributed by atoms with E-state index in [0.717, 1.165) is 0 Å². The summed E-state index contributed by atoms with van der Waals surface area (Å²) in [5.41, 5.74) is 2.11. The molecular weight excluding hydrogens is 369 g/mol. The Labute approximate surface area is 153 Å². The molecule has 7 heteroatoms. The summed E-state index contributed by atoms with van der Waals surface area (Å²) in [7, 11) is 0. The van der Waals surface area contributed by atoms with E-state index >= 15 is 0 Å². The zero-order chi connectivity index (χ0) is 17.3. The lowest BCUT2D eigenvalue weighted by molar-refractivity contribution is 0.835. The van der Waals surface area contributed by atoms with Crippen molar-refractivity contribution in [3.63, 3.8) is 0 Å². The van der Waals surface area contributed by atoms with Crippen molar-refractivity contribution in [2.24, 2.45) is 4.99 Å². The van der Waals surface area contributed by atoms with Crippen molar-refractivity contribution >= 4 is 46.7 Å². The second kappa shape index (κ2) is 6.85. The minimum atomic E-state index is -0.219. The molecule has 0 amide bonds. The van der Waals surface area contributed by atoms with E-state index in [1.165, 1.54) is 10.9 Å². The third-order valence-electron chi connectivity index (χ3n) is 3.43. The number of aromatic amines is 1. The van der Waals surface area contributed by atoms with Crippen LogP contribution in [-0.4, -0.2) is 16.0 Å². The summed E-state index contributed by atoms with van der Waals surface area (Å²) >= 11 is 17.9. The SMILES string of the molecule is Cc1[nH]n(-c2cccc(Cl)c2)c(=O)c1C=Nc1ccc(Cl)cc1Cl. The number of aliphatic imine (C=N–C) groups is 1. The first-order chi connectivity index (χ1) is 11.5. The number of hydrogen-bond donors (Lipinski definition) is 1. The average Bonchev–Trinajstić information content (AvgIpc) is 2.81. The second-order valence-corrected chi connectivity index (χ2v) is 6.40. The highest BCUT2D eigenvalue weighted by Crippen LogP contribution is 2.27. The molecule has 1 heterocycles. The summed E-state index contributed by atoms with van der Waals surface area (Å²) in [5, 5.41) is 4.51. The molecule has 0 radical (unpaired) electrons. The summed E-state index contributed by atoms with van der Waals surface area (Å²) in [4.78, 5) is 16.9. The first-order valence-corrected chi connectivity index (χ1v) is 8.16. The van der Waals surface area contributed by atoms with Gasteiger partial charge in [0.1, 0.15) is 0 Å². The number of hydrogen-bond acceptors (Lipinski definition) is 2. The van der Waals surface area contributed by atoms with Crippen LogP contribution in [0.25, 0.3) is 5.69 Å². The molecule has 122 valence electrons. The van der Waals surface area contributed by atoms with E-state index in [4.69, 9.17) is 34.8 Å². The van der Waals surface area contributed by atoms with Crippen LogP contribution in [-0.2, 0) is 0 Å². The highest BCUT2D eigenvalue weighted by Gasteiger charge is 2.11. The van der Waals surface area contributed by atoms with Gasteiger partial charge in [0.05, 0.1) is 22.0 Å². The van der Waals surface area contributed by atoms with Crippen LogP contribution in [0, 0.1) is 6.92 Å². The Kier molecular flexibility index (Phi) is 4.81. The third kappa shape index (κ3) is 3.41. The standard InChI is InChI=1S/C17H12Cl3N3O/c1-10-14(9-21-16-6-5-12(19)8-15(16)20)17(24)23(22-10)13-4-2-3-11(18)7-13/h2-9,22H,1H3. The van der Waals surface area contributed by atoms with Gasteiger partial charge in [0.15, 0.2) is 0 Å². The van der Waals surface area contributed by atoms with Crippen LogP contribution in [0.1, 0.15) is 11.3 Å². The van der Waals surface area contributed by atoms with Crippen molar-refractivity contribution in [3.8, 4) is 5.69 Å². The number of halogens is 3. The Bertz CT molecular complexity index is 989. The number of aromatic nitrogens is 2. The van der Waals surface area contributed by atoms with Crippen LogP contribution in [0.3, 0.4) is 0 Å². The van der Waals surface area contributed by atoms with Crippen LogP contribution >= 0.6 is 34.8 Å². The Hall–Kier alpha value is -2.01. The second-order valence-electron chi connectivity index (χ2n) is 5.12. The minimum Gasteiger partial charge on any atom is -0.295 e. The van der Waals surface area contributed by atoms with Gasteiger partial charge in [0.2, 0.25) is 0 Å². The minimum absolute atomic E-state index is 0.219. The molecule has 24 heavy (non-hydrogen) atoms. The lowest BCUT2D eigenvalue weighted by Gasteiger charge is -2.01. The smallest absolute Gasteiger partial charge is 0.280 e. The lowest BCUT2D eigenvalue weighted by atomic mass is 10.2. The van der Waals surface area contributed by atoms with Crippen LogP contribution in [0.4, 0.5) is 5.69 Å². The molecule has 0 unspecified atom stereocenters. The van der Waals surface area contributed by atoms with Gasteiger partial charge in [-0.1, -0.05) is 40.9 Å². The van der Waals surface area contributed by atoms with Gasteiger partial charge in [-0.15, -0.1) is 0 Å². The maximum atomic E-state index is 12.6. The van der Waals surface area contributed by atoms with Gasteiger partial charge in [0.25, 0.3) is 5.56 Å². The predicted molar refractivity (Wildman–Crippen MR) is 99.9 cm³/mol. The molecular formula is C17H12Cl3N3O. The summed E-state index contributed by atoms with van der Waals surface area (Å²) in [6, 6.07) is 12.0. The maximum Gasteiger partial charge on any atom is 0.280 e. The van der Waals surface area contributed by atoms with Gasteiger partial charge in [-0.2, -0.15) is 0 Å². The Morgan fingerprint density at radius 3 is 2.54 bits per heavy atom. The van der Waals surface area contributed by atoms with Crippen LogP contribution < -0.4 is 5.56 Å². The van der Waals surface area contributed by atoms with Gasteiger partial charge in [-0.25, -0.2) is 4.68 Å². The summed E-state index contributed by atoms with van der Waals surface area (Å²) < 4.78 is 1.42. The third-order valence-corrected chi connectivity index (χ3v) is 4.20. The number of nitrogens with zero attached hydrogens (tertiary/aromatic N) is 2. The number of nitrogens with one attached hydrogen (secondary N) is 1. The molecule has 3 rings (SSSR count). The van der Waals surface area contributed by atoms with Gasteiger partial charge in [0, 0.05) is 22.0 Å². The highest BCUT2D eigenvalue weighted by molar-refractivity contribution is 6.36. The fourth-order valence-electron chi connectivity index (χ4n) is 2.23. The van der Waals surface area contributed by atoms with E-state index in [0.29, 0.717) is 37.7 Å². The van der Waals surface area contributed by atoms with Crippen LogP contribution in [0.5, 0.6) is 0 Å². The molecule has 0 atom stereocenters. The lowest BCUT2D eigenvalue weighted by Crippen LogP contribution is -2.17. The zero-order valence-corrected chi connectivity index (χ0v) is 14.8. The highest BCUT2D eigenvalue weighted by atomic mass is 35.5. The molecule has 3 aromatic rings. The van der Waals surface area contributed by atoms with Crippen molar-refractivity contribution < 1.29 is 0 Å². The predicted octanol–water partition coefficient (Wildman–Crippen LogP) is 5.18. The summed E-state index contributed by atoms with van der Waals surface area (Å²) in [6.07, 6.45) is 1.49. The largest absolute Gasteiger partial charge is 0.295 e. The molecule has 0 saturated carbocycles. The Morgan fingerprint density at radius 2 is 1.83 bits per heavy atom. The molecule has 1 N–H and O–H groups in total. The number of benzene rings is 2. The molecule has 0 aliphatic carbocycles. The first kappa shape index (κ1) is 16.8. The van der Waals surface area contributed by atoms with Crippen molar-refractivity contribution in [3.05, 3.63) is 79.1 Å². The molecule has 0 saturated heterocycles. The fourth-order valence-corrected chi connectivity index (χ4v) is 2.87. The maximum absolute atomic E-state index is 12.6. The molecule has 2 aromatic carbocycles. The molecule has 0 bridgehead atoms. The average molecular weight is 381 g/mol. The van der Waals surface area contributed by atoms with Crippen molar-refractivity contribution in [1.29, 1.82) is 0 Å². The van der Waals surface area contributed by atoms with E-state index in [1.54, 1.807) is 49.4 Å². The number of H-pyrrole nitrogens is 1. The Balaban J connectivity index is 2.01. The van der Waals surface area contributed by atoms with Crippen molar-refractivity contribution in [1.82, 2.24) is 9.78 Å².